The van der Waals surface area contributed by atoms with Crippen LogP contribution >= 0.6 is 11.8 Å². The van der Waals surface area contributed by atoms with Crippen LogP contribution in [0.5, 0.6) is 0 Å². The molecule has 2 aromatic heterocycles. The Labute approximate surface area is 191 Å². The highest BCUT2D eigenvalue weighted by atomic mass is 32.2. The SMILES string of the molecule is Cc1cc(C)c(NC(=O)CNC(=O)CSc2nnc(-c3cccnc3)n2C2CC2)c(C)c1. The topological polar surface area (TPSA) is 102 Å². The third kappa shape index (κ3) is 5.16. The molecule has 1 saturated carbocycles. The normalized spacial score (nSPS) is 13.1. The van der Waals surface area contributed by atoms with Gasteiger partial charge in [0.05, 0.1) is 12.3 Å². The van der Waals surface area contributed by atoms with Gasteiger partial charge in [-0.3, -0.25) is 19.1 Å². The van der Waals surface area contributed by atoms with Gasteiger partial charge in [0.2, 0.25) is 11.8 Å². The minimum Gasteiger partial charge on any atom is -0.346 e. The summed E-state index contributed by atoms with van der Waals surface area (Å²) in [6.45, 7) is 5.86. The van der Waals surface area contributed by atoms with E-state index in [1.165, 1.54) is 11.8 Å². The van der Waals surface area contributed by atoms with Gasteiger partial charge in [0, 0.05) is 29.7 Å². The summed E-state index contributed by atoms with van der Waals surface area (Å²) in [6.07, 6.45) is 5.63. The molecular formula is C23H26N6O2S. The predicted octanol–water partition coefficient (Wildman–Crippen LogP) is 3.45. The summed E-state index contributed by atoms with van der Waals surface area (Å²) in [5, 5.41) is 14.9. The Bertz CT molecular complexity index is 1120. The second-order valence-corrected chi connectivity index (χ2v) is 8.98. The summed E-state index contributed by atoms with van der Waals surface area (Å²) in [5.41, 5.74) is 4.85. The Morgan fingerprint density at radius 3 is 2.53 bits per heavy atom. The molecule has 0 atom stereocenters. The average molecular weight is 451 g/mol. The predicted molar refractivity (Wildman–Crippen MR) is 125 cm³/mol. The van der Waals surface area contributed by atoms with E-state index < -0.39 is 0 Å². The maximum Gasteiger partial charge on any atom is 0.243 e. The van der Waals surface area contributed by atoms with Crippen LogP contribution < -0.4 is 10.6 Å². The molecule has 2 heterocycles. The van der Waals surface area contributed by atoms with Crippen molar-refractivity contribution in [3.8, 4) is 11.4 Å². The number of carbonyl (C=O) groups is 2. The van der Waals surface area contributed by atoms with E-state index in [9.17, 15) is 9.59 Å². The fourth-order valence-electron chi connectivity index (χ4n) is 3.65. The molecule has 4 rings (SSSR count). The van der Waals surface area contributed by atoms with Crippen molar-refractivity contribution in [3.05, 3.63) is 53.3 Å². The molecule has 1 aliphatic carbocycles. The summed E-state index contributed by atoms with van der Waals surface area (Å²) >= 11 is 1.33. The number of nitrogens with zero attached hydrogens (tertiary/aromatic N) is 4. The molecular weight excluding hydrogens is 424 g/mol. The van der Waals surface area contributed by atoms with Crippen LogP contribution in [0, 0.1) is 20.8 Å². The summed E-state index contributed by atoms with van der Waals surface area (Å²) in [5.74, 6) is 0.453. The van der Waals surface area contributed by atoms with Crippen LogP contribution in [0.4, 0.5) is 5.69 Å². The molecule has 1 aliphatic rings. The van der Waals surface area contributed by atoms with Crippen molar-refractivity contribution in [2.75, 3.05) is 17.6 Å². The molecule has 9 heteroatoms. The first-order chi connectivity index (χ1) is 15.4. The van der Waals surface area contributed by atoms with Crippen LogP contribution in [0.2, 0.25) is 0 Å². The molecule has 0 unspecified atom stereocenters. The minimum atomic E-state index is -0.251. The highest BCUT2D eigenvalue weighted by molar-refractivity contribution is 7.99. The largest absolute Gasteiger partial charge is 0.346 e. The second kappa shape index (κ2) is 9.52. The Balaban J connectivity index is 1.32. The van der Waals surface area contributed by atoms with E-state index in [2.05, 4.69) is 30.4 Å². The lowest BCUT2D eigenvalue weighted by molar-refractivity contribution is -0.122. The lowest BCUT2D eigenvalue weighted by Gasteiger charge is -2.13. The van der Waals surface area contributed by atoms with Crippen LogP contribution in [0.25, 0.3) is 11.4 Å². The van der Waals surface area contributed by atoms with Gasteiger partial charge in [-0.25, -0.2) is 0 Å². The van der Waals surface area contributed by atoms with Gasteiger partial charge < -0.3 is 10.6 Å². The van der Waals surface area contributed by atoms with Crippen molar-refractivity contribution in [3.63, 3.8) is 0 Å². The molecule has 2 amide bonds. The zero-order valence-electron chi connectivity index (χ0n) is 18.4. The highest BCUT2D eigenvalue weighted by Gasteiger charge is 2.30. The monoisotopic (exact) mass is 450 g/mol. The Kier molecular flexibility index (Phi) is 6.55. The fraction of sp³-hybridized carbons (Fsp3) is 0.348. The first-order valence-electron chi connectivity index (χ1n) is 10.5. The van der Waals surface area contributed by atoms with Crippen LogP contribution in [-0.2, 0) is 9.59 Å². The van der Waals surface area contributed by atoms with Gasteiger partial charge in [-0.2, -0.15) is 0 Å². The van der Waals surface area contributed by atoms with Crippen LogP contribution in [-0.4, -0.2) is 43.9 Å². The summed E-state index contributed by atoms with van der Waals surface area (Å²) in [4.78, 5) is 28.8. The zero-order chi connectivity index (χ0) is 22.7. The van der Waals surface area contributed by atoms with E-state index in [1.807, 2.05) is 45.0 Å². The number of benzene rings is 1. The molecule has 8 nitrogen and oxygen atoms in total. The lowest BCUT2D eigenvalue weighted by atomic mass is 10.1. The molecule has 32 heavy (non-hydrogen) atoms. The van der Waals surface area contributed by atoms with Gasteiger partial charge in [0.1, 0.15) is 0 Å². The zero-order valence-corrected chi connectivity index (χ0v) is 19.2. The molecule has 0 saturated heterocycles. The second-order valence-electron chi connectivity index (χ2n) is 8.04. The van der Waals surface area contributed by atoms with Crippen molar-refractivity contribution >= 4 is 29.3 Å². The van der Waals surface area contributed by atoms with Crippen molar-refractivity contribution in [2.45, 2.75) is 44.8 Å². The van der Waals surface area contributed by atoms with E-state index in [4.69, 9.17) is 0 Å². The van der Waals surface area contributed by atoms with Crippen molar-refractivity contribution in [1.82, 2.24) is 25.1 Å². The van der Waals surface area contributed by atoms with Crippen LogP contribution in [0.1, 0.15) is 35.6 Å². The number of aromatic nitrogens is 4. The number of thioether (sulfide) groups is 1. The number of pyridine rings is 1. The number of rotatable bonds is 8. The number of aryl methyl sites for hydroxylation is 3. The van der Waals surface area contributed by atoms with Gasteiger partial charge in [-0.1, -0.05) is 29.5 Å². The Hall–Kier alpha value is -3.20. The molecule has 1 fully saturated rings. The third-order valence-corrected chi connectivity index (χ3v) is 6.16. The highest BCUT2D eigenvalue weighted by Crippen LogP contribution is 2.40. The van der Waals surface area contributed by atoms with Crippen molar-refractivity contribution in [1.29, 1.82) is 0 Å². The molecule has 0 bridgehead atoms. The van der Waals surface area contributed by atoms with Gasteiger partial charge in [-0.15, -0.1) is 10.2 Å². The van der Waals surface area contributed by atoms with Gasteiger partial charge in [0.25, 0.3) is 0 Å². The van der Waals surface area contributed by atoms with Crippen molar-refractivity contribution in [2.24, 2.45) is 0 Å². The fourth-order valence-corrected chi connectivity index (χ4v) is 4.49. The van der Waals surface area contributed by atoms with Crippen LogP contribution in [0.15, 0.2) is 41.8 Å². The number of amides is 2. The summed E-state index contributed by atoms with van der Waals surface area (Å²) < 4.78 is 2.09. The molecule has 0 radical (unpaired) electrons. The maximum absolute atomic E-state index is 12.3. The number of anilines is 1. The smallest absolute Gasteiger partial charge is 0.243 e. The Morgan fingerprint density at radius 1 is 1.12 bits per heavy atom. The molecule has 3 aromatic rings. The number of hydrogen-bond acceptors (Lipinski definition) is 6. The van der Waals surface area contributed by atoms with E-state index in [0.717, 1.165) is 46.6 Å². The quantitative estimate of drug-likeness (QED) is 0.510. The molecule has 1 aromatic carbocycles. The molecule has 166 valence electrons. The number of nitrogens with one attached hydrogen (secondary N) is 2. The molecule has 0 spiro atoms. The minimum absolute atomic E-state index is 0.0810. The molecule has 2 N–H and O–H groups in total. The van der Waals surface area contributed by atoms with E-state index in [-0.39, 0.29) is 24.1 Å². The first kappa shape index (κ1) is 22.0. The number of hydrogen-bond donors (Lipinski definition) is 2. The van der Waals surface area contributed by atoms with Gasteiger partial charge in [0.15, 0.2) is 11.0 Å². The van der Waals surface area contributed by atoms with E-state index in [1.54, 1.807) is 12.4 Å². The lowest BCUT2D eigenvalue weighted by Crippen LogP contribution is -2.34. The van der Waals surface area contributed by atoms with Gasteiger partial charge in [-0.05, 0) is 56.9 Å². The van der Waals surface area contributed by atoms with E-state index in [0.29, 0.717) is 11.2 Å². The van der Waals surface area contributed by atoms with Crippen molar-refractivity contribution < 1.29 is 9.59 Å². The molecule has 0 aliphatic heterocycles. The Morgan fingerprint density at radius 2 is 1.88 bits per heavy atom. The van der Waals surface area contributed by atoms with Crippen LogP contribution in [0.3, 0.4) is 0 Å². The summed E-state index contributed by atoms with van der Waals surface area (Å²) in [7, 11) is 0. The average Bonchev–Trinajstić information content (AvgIpc) is 3.52. The maximum atomic E-state index is 12.3. The standard InChI is InChI=1S/C23H26N6O2S/c1-14-9-15(2)21(16(3)10-14)26-19(30)12-25-20(31)13-32-23-28-27-22(29(23)18-6-7-18)17-5-4-8-24-11-17/h4-5,8-11,18H,6-7,12-13H2,1-3H3,(H,25,31)(H,26,30). The summed E-state index contributed by atoms with van der Waals surface area (Å²) in [6, 6.07) is 8.22. The van der Waals surface area contributed by atoms with E-state index >= 15 is 0 Å². The van der Waals surface area contributed by atoms with Gasteiger partial charge >= 0.3 is 0 Å². The number of carbonyl (C=O) groups excluding carboxylic acids is 2. The first-order valence-corrected chi connectivity index (χ1v) is 11.5. The third-order valence-electron chi connectivity index (χ3n) is 5.22.